The second kappa shape index (κ2) is 6.16. The number of likely N-dealkylation sites (N-methyl/N-ethyl adjacent to an activating group) is 1. The molecule has 2 aromatic rings. The van der Waals surface area contributed by atoms with Gasteiger partial charge in [-0.15, -0.1) is 0 Å². The molecule has 2 aromatic heterocycles. The Morgan fingerprint density at radius 1 is 1.35 bits per heavy atom. The van der Waals surface area contributed by atoms with Crippen molar-refractivity contribution in [1.82, 2.24) is 29.1 Å². The monoisotopic (exact) mass is 316 g/mol. The average Bonchev–Trinajstić information content (AvgIpc) is 3.11. The SMILES string of the molecule is CCN1CCN(C(=O)c2cn(C)nc2C)C[C@@H]1c1nccn1C. The van der Waals surface area contributed by atoms with Crippen LogP contribution in [-0.2, 0) is 14.1 Å². The van der Waals surface area contributed by atoms with Crippen LogP contribution in [0.2, 0.25) is 0 Å². The standard InChI is InChI=1S/C16H24N6O/c1-5-21-8-9-22(11-14(21)15-17-6-7-19(15)3)16(23)13-10-20(4)18-12(13)2/h6-7,10,14H,5,8-9,11H2,1-4H3/t14-/m1/s1. The van der Waals surface area contributed by atoms with Crippen molar-refractivity contribution >= 4 is 5.91 Å². The van der Waals surface area contributed by atoms with Crippen LogP contribution in [0.25, 0.3) is 0 Å². The molecule has 1 aliphatic rings. The summed E-state index contributed by atoms with van der Waals surface area (Å²) < 4.78 is 3.73. The maximum atomic E-state index is 12.9. The van der Waals surface area contributed by atoms with E-state index in [-0.39, 0.29) is 11.9 Å². The molecular weight excluding hydrogens is 292 g/mol. The second-order valence-corrected chi connectivity index (χ2v) is 6.09. The summed E-state index contributed by atoms with van der Waals surface area (Å²) in [5.41, 5.74) is 1.47. The number of amides is 1. The highest BCUT2D eigenvalue weighted by Crippen LogP contribution is 2.25. The Morgan fingerprint density at radius 2 is 2.13 bits per heavy atom. The lowest BCUT2D eigenvalue weighted by Gasteiger charge is -2.40. The van der Waals surface area contributed by atoms with Gasteiger partial charge in [-0.3, -0.25) is 14.4 Å². The summed E-state index contributed by atoms with van der Waals surface area (Å²) in [5.74, 6) is 1.07. The first-order valence-corrected chi connectivity index (χ1v) is 8.02. The largest absolute Gasteiger partial charge is 0.337 e. The first-order valence-electron chi connectivity index (χ1n) is 8.02. The van der Waals surface area contributed by atoms with Crippen LogP contribution >= 0.6 is 0 Å². The van der Waals surface area contributed by atoms with Crippen molar-refractivity contribution < 1.29 is 4.79 Å². The predicted molar refractivity (Wildman–Crippen MR) is 87.0 cm³/mol. The highest BCUT2D eigenvalue weighted by atomic mass is 16.2. The van der Waals surface area contributed by atoms with Crippen LogP contribution in [0.5, 0.6) is 0 Å². The molecule has 0 radical (unpaired) electrons. The molecule has 23 heavy (non-hydrogen) atoms. The van der Waals surface area contributed by atoms with Gasteiger partial charge in [0.05, 0.1) is 17.3 Å². The first kappa shape index (κ1) is 15.7. The molecule has 1 saturated heterocycles. The Kier molecular flexibility index (Phi) is 4.21. The molecule has 0 spiro atoms. The molecule has 0 N–H and O–H groups in total. The fourth-order valence-electron chi connectivity index (χ4n) is 3.31. The molecule has 124 valence electrons. The average molecular weight is 316 g/mol. The number of hydrogen-bond acceptors (Lipinski definition) is 4. The Labute approximate surface area is 136 Å². The van der Waals surface area contributed by atoms with Gasteiger partial charge in [0.15, 0.2) is 0 Å². The topological polar surface area (TPSA) is 59.2 Å². The fraction of sp³-hybridized carbons (Fsp3) is 0.562. The normalized spacial score (nSPS) is 19.3. The predicted octanol–water partition coefficient (Wildman–Crippen LogP) is 0.981. The van der Waals surface area contributed by atoms with Gasteiger partial charge in [0.25, 0.3) is 5.91 Å². The van der Waals surface area contributed by atoms with Gasteiger partial charge in [-0.1, -0.05) is 6.92 Å². The maximum Gasteiger partial charge on any atom is 0.257 e. The number of hydrogen-bond donors (Lipinski definition) is 0. The highest BCUT2D eigenvalue weighted by molar-refractivity contribution is 5.95. The zero-order chi connectivity index (χ0) is 16.6. The molecule has 0 aliphatic carbocycles. The summed E-state index contributed by atoms with van der Waals surface area (Å²) in [5, 5.41) is 4.28. The number of carbonyl (C=O) groups is 1. The van der Waals surface area contributed by atoms with Gasteiger partial charge in [-0.25, -0.2) is 4.98 Å². The highest BCUT2D eigenvalue weighted by Gasteiger charge is 2.33. The summed E-state index contributed by atoms with van der Waals surface area (Å²) in [4.78, 5) is 21.7. The molecule has 1 atom stereocenters. The zero-order valence-electron chi connectivity index (χ0n) is 14.2. The Bertz CT molecular complexity index is 703. The van der Waals surface area contributed by atoms with Gasteiger partial charge < -0.3 is 9.47 Å². The van der Waals surface area contributed by atoms with E-state index < -0.39 is 0 Å². The van der Waals surface area contributed by atoms with E-state index in [4.69, 9.17) is 0 Å². The van der Waals surface area contributed by atoms with Gasteiger partial charge in [0.1, 0.15) is 5.82 Å². The number of nitrogens with zero attached hydrogens (tertiary/aromatic N) is 6. The smallest absolute Gasteiger partial charge is 0.257 e. The van der Waals surface area contributed by atoms with Gasteiger partial charge in [-0.05, 0) is 13.5 Å². The molecule has 0 aromatic carbocycles. The first-order chi connectivity index (χ1) is 11.0. The van der Waals surface area contributed by atoms with Crippen molar-refractivity contribution in [2.45, 2.75) is 19.9 Å². The molecule has 3 heterocycles. The van der Waals surface area contributed by atoms with E-state index >= 15 is 0 Å². The van der Waals surface area contributed by atoms with E-state index in [0.29, 0.717) is 12.1 Å². The summed E-state index contributed by atoms with van der Waals surface area (Å²) in [6.07, 6.45) is 5.57. The van der Waals surface area contributed by atoms with E-state index in [2.05, 4.69) is 21.9 Å². The van der Waals surface area contributed by atoms with Gasteiger partial charge in [-0.2, -0.15) is 5.10 Å². The van der Waals surface area contributed by atoms with Crippen molar-refractivity contribution in [2.24, 2.45) is 14.1 Å². The summed E-state index contributed by atoms with van der Waals surface area (Å²) in [7, 11) is 3.84. The van der Waals surface area contributed by atoms with Crippen molar-refractivity contribution in [3.05, 3.63) is 35.7 Å². The van der Waals surface area contributed by atoms with Gasteiger partial charge >= 0.3 is 0 Å². The van der Waals surface area contributed by atoms with Crippen LogP contribution in [0.15, 0.2) is 18.6 Å². The number of imidazole rings is 1. The van der Waals surface area contributed by atoms with Crippen LogP contribution in [0.4, 0.5) is 0 Å². The van der Waals surface area contributed by atoms with Crippen LogP contribution < -0.4 is 0 Å². The lowest BCUT2D eigenvalue weighted by atomic mass is 10.1. The second-order valence-electron chi connectivity index (χ2n) is 6.09. The Balaban J connectivity index is 1.84. The molecule has 1 aliphatic heterocycles. The fourth-order valence-corrected chi connectivity index (χ4v) is 3.31. The molecule has 7 heteroatoms. The number of piperazine rings is 1. The minimum absolute atomic E-state index is 0.0607. The Hall–Kier alpha value is -2.15. The van der Waals surface area contributed by atoms with E-state index in [1.165, 1.54) is 0 Å². The maximum absolute atomic E-state index is 12.9. The molecule has 0 saturated carbocycles. The van der Waals surface area contributed by atoms with E-state index in [0.717, 1.165) is 31.2 Å². The lowest BCUT2D eigenvalue weighted by molar-refractivity contribution is 0.0472. The van der Waals surface area contributed by atoms with Gasteiger partial charge in [0, 0.05) is 52.3 Å². The molecule has 7 nitrogen and oxygen atoms in total. The molecule has 0 unspecified atom stereocenters. The van der Waals surface area contributed by atoms with Gasteiger partial charge in [0.2, 0.25) is 0 Å². The van der Waals surface area contributed by atoms with E-state index in [1.807, 2.05) is 42.9 Å². The summed E-state index contributed by atoms with van der Waals surface area (Å²) in [6.45, 7) is 7.24. The number of aryl methyl sites for hydroxylation is 3. The van der Waals surface area contributed by atoms with Crippen LogP contribution in [0, 0.1) is 6.92 Å². The van der Waals surface area contributed by atoms with Crippen molar-refractivity contribution in [3.8, 4) is 0 Å². The number of carbonyl (C=O) groups excluding carboxylic acids is 1. The number of aromatic nitrogens is 4. The van der Waals surface area contributed by atoms with Crippen molar-refractivity contribution in [1.29, 1.82) is 0 Å². The lowest BCUT2D eigenvalue weighted by Crippen LogP contribution is -2.51. The van der Waals surface area contributed by atoms with Crippen LogP contribution in [0.3, 0.4) is 0 Å². The Morgan fingerprint density at radius 3 is 2.70 bits per heavy atom. The third kappa shape index (κ3) is 2.88. The molecule has 1 amide bonds. The molecular formula is C16H24N6O. The molecule has 3 rings (SSSR count). The zero-order valence-corrected chi connectivity index (χ0v) is 14.2. The minimum atomic E-state index is 0.0607. The van der Waals surface area contributed by atoms with Crippen LogP contribution in [0.1, 0.15) is 34.8 Å². The number of rotatable bonds is 3. The van der Waals surface area contributed by atoms with E-state index in [1.54, 1.807) is 10.9 Å². The van der Waals surface area contributed by atoms with Crippen molar-refractivity contribution in [3.63, 3.8) is 0 Å². The summed E-state index contributed by atoms with van der Waals surface area (Å²) >= 11 is 0. The van der Waals surface area contributed by atoms with Crippen LogP contribution in [-0.4, -0.2) is 61.2 Å². The minimum Gasteiger partial charge on any atom is -0.337 e. The summed E-state index contributed by atoms with van der Waals surface area (Å²) in [6, 6.07) is 0.134. The third-order valence-corrected chi connectivity index (χ3v) is 4.58. The molecule has 1 fully saturated rings. The third-order valence-electron chi connectivity index (χ3n) is 4.58. The van der Waals surface area contributed by atoms with E-state index in [9.17, 15) is 4.79 Å². The van der Waals surface area contributed by atoms with Crippen molar-refractivity contribution in [2.75, 3.05) is 26.2 Å². The molecule has 0 bridgehead atoms. The quantitative estimate of drug-likeness (QED) is 0.847.